The van der Waals surface area contributed by atoms with Crippen LogP contribution in [0.1, 0.15) is 15.9 Å². The van der Waals surface area contributed by atoms with Gasteiger partial charge >= 0.3 is 5.97 Å². The number of nitrogens with one attached hydrogen (secondary N) is 1. The van der Waals surface area contributed by atoms with Crippen molar-refractivity contribution in [2.45, 2.75) is 6.42 Å². The van der Waals surface area contributed by atoms with Crippen LogP contribution in [0.15, 0.2) is 52.3 Å². The summed E-state index contributed by atoms with van der Waals surface area (Å²) in [5.41, 5.74) is 2.33. The zero-order chi connectivity index (χ0) is 21.3. The highest BCUT2D eigenvalue weighted by Gasteiger charge is 2.29. The molecule has 2 N–H and O–H groups in total. The van der Waals surface area contributed by atoms with E-state index in [9.17, 15) is 14.7 Å². The fourth-order valence-corrected chi connectivity index (χ4v) is 4.61. The van der Waals surface area contributed by atoms with E-state index in [-0.39, 0.29) is 18.1 Å². The van der Waals surface area contributed by atoms with Crippen molar-refractivity contribution in [1.29, 1.82) is 0 Å². The molecule has 0 saturated heterocycles. The number of ether oxygens (including phenoxy) is 2. The van der Waals surface area contributed by atoms with Gasteiger partial charge in [0, 0.05) is 15.4 Å². The molecule has 1 atom stereocenters. The van der Waals surface area contributed by atoms with Gasteiger partial charge < -0.3 is 19.9 Å². The van der Waals surface area contributed by atoms with E-state index in [1.165, 1.54) is 11.3 Å². The van der Waals surface area contributed by atoms with Gasteiger partial charge in [-0.3, -0.25) is 4.79 Å². The van der Waals surface area contributed by atoms with Gasteiger partial charge in [0.05, 0.1) is 13.0 Å². The number of halogens is 1. The third kappa shape index (κ3) is 4.06. The van der Waals surface area contributed by atoms with E-state index in [1.54, 1.807) is 12.5 Å². The summed E-state index contributed by atoms with van der Waals surface area (Å²) in [4.78, 5) is 24.8. The molecular weight excluding hydrogens is 470 g/mol. The van der Waals surface area contributed by atoms with Crippen LogP contribution in [-0.2, 0) is 11.2 Å². The van der Waals surface area contributed by atoms with E-state index < -0.39 is 11.9 Å². The fourth-order valence-electron chi connectivity index (χ4n) is 3.38. The van der Waals surface area contributed by atoms with Crippen LogP contribution in [0, 0.1) is 5.92 Å². The Morgan fingerprint density at radius 2 is 2.00 bits per heavy atom. The first-order valence-corrected chi connectivity index (χ1v) is 10.8. The molecule has 0 bridgehead atoms. The minimum Gasteiger partial charge on any atom is -0.497 e. The first-order chi connectivity index (χ1) is 14.5. The molecule has 2 heterocycles. The van der Waals surface area contributed by atoms with Crippen LogP contribution in [0.25, 0.3) is 11.1 Å². The first-order valence-electron chi connectivity index (χ1n) is 9.17. The molecule has 0 aliphatic carbocycles. The Bertz CT molecular complexity index is 1110. The molecular formula is C22H18BrNO5S. The Kier molecular flexibility index (Phi) is 5.78. The Morgan fingerprint density at radius 1 is 1.23 bits per heavy atom. The van der Waals surface area contributed by atoms with E-state index >= 15 is 0 Å². The highest BCUT2D eigenvalue weighted by molar-refractivity contribution is 9.10. The Morgan fingerprint density at radius 3 is 2.70 bits per heavy atom. The zero-order valence-electron chi connectivity index (χ0n) is 16.0. The van der Waals surface area contributed by atoms with Crippen molar-refractivity contribution in [3.05, 3.63) is 63.4 Å². The molecule has 0 radical (unpaired) electrons. The number of fused-ring (bicyclic) bond motifs is 1. The van der Waals surface area contributed by atoms with Gasteiger partial charge in [0.2, 0.25) is 5.91 Å². The SMILES string of the molecule is COc1ccc2c(c1)CC(C(=O)Nc1scc(-c3ccc(Br)cc3)c1C(=O)O)CO2. The molecule has 6 nitrogen and oxygen atoms in total. The smallest absolute Gasteiger partial charge is 0.339 e. The molecule has 0 spiro atoms. The van der Waals surface area contributed by atoms with E-state index in [0.717, 1.165) is 21.3 Å². The van der Waals surface area contributed by atoms with Gasteiger partial charge in [-0.15, -0.1) is 11.3 Å². The van der Waals surface area contributed by atoms with Crippen molar-refractivity contribution in [2.75, 3.05) is 19.0 Å². The lowest BCUT2D eigenvalue weighted by Crippen LogP contribution is -2.32. The average Bonchev–Trinajstić information content (AvgIpc) is 3.17. The number of aromatic carboxylic acids is 1. The van der Waals surface area contributed by atoms with Gasteiger partial charge in [-0.2, -0.15) is 0 Å². The molecule has 1 aromatic heterocycles. The maximum atomic E-state index is 12.9. The molecule has 3 aromatic rings. The van der Waals surface area contributed by atoms with Crippen LogP contribution in [0.2, 0.25) is 0 Å². The second kappa shape index (κ2) is 8.49. The summed E-state index contributed by atoms with van der Waals surface area (Å²) < 4.78 is 11.9. The van der Waals surface area contributed by atoms with E-state index in [1.807, 2.05) is 42.5 Å². The summed E-state index contributed by atoms with van der Waals surface area (Å²) >= 11 is 4.58. The number of methoxy groups -OCH3 is 1. The predicted molar refractivity (Wildman–Crippen MR) is 119 cm³/mol. The van der Waals surface area contributed by atoms with Gasteiger partial charge in [0.15, 0.2) is 0 Å². The Hall–Kier alpha value is -2.84. The number of benzene rings is 2. The van der Waals surface area contributed by atoms with Crippen LogP contribution < -0.4 is 14.8 Å². The standard InChI is InChI=1S/C22H18BrNO5S/c1-28-16-6-7-18-13(9-16)8-14(10-29-18)20(25)24-21-19(22(26)27)17(11-30-21)12-2-4-15(23)5-3-12/h2-7,9,11,14H,8,10H2,1H3,(H,24,25)(H,26,27). The monoisotopic (exact) mass is 487 g/mol. The fraction of sp³-hybridized carbons (Fsp3) is 0.182. The minimum absolute atomic E-state index is 0.0921. The van der Waals surface area contributed by atoms with Gasteiger partial charge in [-0.1, -0.05) is 28.1 Å². The second-order valence-corrected chi connectivity index (χ2v) is 8.64. The number of carboxylic acid groups (broad SMARTS) is 1. The third-order valence-corrected chi connectivity index (χ3v) is 6.37. The van der Waals surface area contributed by atoms with Gasteiger partial charge in [-0.25, -0.2) is 4.79 Å². The first kappa shape index (κ1) is 20.4. The molecule has 154 valence electrons. The van der Waals surface area contributed by atoms with Crippen molar-refractivity contribution < 1.29 is 24.2 Å². The van der Waals surface area contributed by atoms with Crippen LogP contribution in [0.4, 0.5) is 5.00 Å². The van der Waals surface area contributed by atoms with Crippen molar-refractivity contribution in [3.63, 3.8) is 0 Å². The molecule has 1 amide bonds. The molecule has 4 rings (SSSR count). The minimum atomic E-state index is -1.08. The number of rotatable bonds is 5. The Labute approximate surface area is 185 Å². The predicted octanol–water partition coefficient (Wildman–Crippen LogP) is 5.07. The Balaban J connectivity index is 1.56. The summed E-state index contributed by atoms with van der Waals surface area (Å²) in [7, 11) is 1.59. The quantitative estimate of drug-likeness (QED) is 0.524. The van der Waals surface area contributed by atoms with E-state index in [0.29, 0.717) is 22.7 Å². The number of hydrogen-bond donors (Lipinski definition) is 2. The van der Waals surface area contributed by atoms with Crippen LogP contribution in [0.3, 0.4) is 0 Å². The molecule has 8 heteroatoms. The van der Waals surface area contributed by atoms with Crippen molar-refractivity contribution in [3.8, 4) is 22.6 Å². The van der Waals surface area contributed by atoms with Gasteiger partial charge in [-0.05, 0) is 47.9 Å². The number of amides is 1. The maximum Gasteiger partial charge on any atom is 0.339 e. The number of carbonyl (C=O) groups is 2. The van der Waals surface area contributed by atoms with Crippen molar-refractivity contribution >= 4 is 44.1 Å². The number of carbonyl (C=O) groups excluding carboxylic acids is 1. The van der Waals surface area contributed by atoms with Gasteiger partial charge in [0.25, 0.3) is 0 Å². The van der Waals surface area contributed by atoms with Crippen LogP contribution >= 0.6 is 27.3 Å². The molecule has 0 fully saturated rings. The summed E-state index contributed by atoms with van der Waals surface area (Å²) in [5.74, 6) is -0.345. The summed E-state index contributed by atoms with van der Waals surface area (Å²) in [6, 6.07) is 12.9. The third-order valence-electron chi connectivity index (χ3n) is 4.94. The number of thiophene rings is 1. The maximum absolute atomic E-state index is 12.9. The lowest BCUT2D eigenvalue weighted by Gasteiger charge is -2.24. The van der Waals surface area contributed by atoms with Crippen molar-refractivity contribution in [2.24, 2.45) is 5.92 Å². The van der Waals surface area contributed by atoms with E-state index in [4.69, 9.17) is 9.47 Å². The summed E-state index contributed by atoms with van der Waals surface area (Å²) in [5, 5.41) is 14.6. The van der Waals surface area contributed by atoms with Crippen molar-refractivity contribution in [1.82, 2.24) is 0 Å². The zero-order valence-corrected chi connectivity index (χ0v) is 18.4. The summed E-state index contributed by atoms with van der Waals surface area (Å²) in [6.45, 7) is 0.235. The van der Waals surface area contributed by atoms with Crippen LogP contribution in [-0.4, -0.2) is 30.7 Å². The van der Waals surface area contributed by atoms with Crippen LogP contribution in [0.5, 0.6) is 11.5 Å². The molecule has 1 aliphatic rings. The normalized spacial score (nSPS) is 15.1. The second-order valence-electron chi connectivity index (χ2n) is 6.84. The number of hydrogen-bond acceptors (Lipinski definition) is 5. The highest BCUT2D eigenvalue weighted by atomic mass is 79.9. The molecule has 30 heavy (non-hydrogen) atoms. The molecule has 1 aliphatic heterocycles. The number of anilines is 1. The molecule has 1 unspecified atom stereocenters. The lowest BCUT2D eigenvalue weighted by atomic mass is 9.95. The van der Waals surface area contributed by atoms with Gasteiger partial charge in [0.1, 0.15) is 28.7 Å². The summed E-state index contributed by atoms with van der Waals surface area (Å²) in [6.07, 6.45) is 0.492. The van der Waals surface area contributed by atoms with E-state index in [2.05, 4.69) is 21.2 Å². The highest BCUT2D eigenvalue weighted by Crippen LogP contribution is 2.37. The molecule has 0 saturated carbocycles. The average molecular weight is 488 g/mol. The number of carboxylic acids is 1. The lowest BCUT2D eigenvalue weighted by molar-refractivity contribution is -0.121. The molecule has 2 aromatic carbocycles. The topological polar surface area (TPSA) is 84.9 Å². The largest absolute Gasteiger partial charge is 0.497 e.